The molecule has 172 valence electrons. The molecule has 10 nitrogen and oxygen atoms in total. The van der Waals surface area contributed by atoms with Crippen molar-refractivity contribution in [3.05, 3.63) is 0 Å². The monoisotopic (exact) mass is 428 g/mol. The van der Waals surface area contributed by atoms with Gasteiger partial charge in [-0.25, -0.2) is 0 Å². The molecule has 0 radical (unpaired) electrons. The van der Waals surface area contributed by atoms with E-state index in [9.17, 15) is 29.4 Å². The number of carboxylic acid groups (broad SMARTS) is 2. The van der Waals surface area contributed by atoms with Crippen molar-refractivity contribution < 1.29 is 29.4 Å². The van der Waals surface area contributed by atoms with Gasteiger partial charge in [0, 0.05) is 52.4 Å². The zero-order valence-corrected chi connectivity index (χ0v) is 18.4. The first kappa shape index (κ1) is 26.2. The number of carboxylic acids is 2. The van der Waals surface area contributed by atoms with Gasteiger partial charge in [-0.3, -0.25) is 29.2 Å². The summed E-state index contributed by atoms with van der Waals surface area (Å²) in [6.45, 7) is 10.5. The maximum atomic E-state index is 11.6. The van der Waals surface area contributed by atoms with Gasteiger partial charge < -0.3 is 19.8 Å². The molecule has 0 aromatic carbocycles. The minimum absolute atomic E-state index is 0.327. The summed E-state index contributed by atoms with van der Waals surface area (Å²) >= 11 is 0. The van der Waals surface area contributed by atoms with Crippen LogP contribution in [0.4, 0.5) is 0 Å². The van der Waals surface area contributed by atoms with E-state index in [1.54, 1.807) is 27.7 Å². The molecule has 0 aliphatic carbocycles. The van der Waals surface area contributed by atoms with E-state index in [0.717, 1.165) is 12.6 Å². The molecule has 30 heavy (non-hydrogen) atoms. The number of hydrogen-bond donors (Lipinski definition) is 2. The SMILES string of the molecule is C[C@H](C=O)N1CCN([C@@H](C)C=O)CCN([C@H](C)C(=O)O)CCN([C@@H](C)C(=O)O)CC1. The Balaban J connectivity index is 3.12. The summed E-state index contributed by atoms with van der Waals surface area (Å²) in [7, 11) is 0. The Hall–Kier alpha value is -1.88. The summed E-state index contributed by atoms with van der Waals surface area (Å²) in [4.78, 5) is 53.5. The number of nitrogens with zero attached hydrogens (tertiary/aromatic N) is 4. The first-order valence-electron chi connectivity index (χ1n) is 10.4. The van der Waals surface area contributed by atoms with Crippen molar-refractivity contribution in [2.75, 3.05) is 52.4 Å². The summed E-state index contributed by atoms with van der Waals surface area (Å²) in [5.74, 6) is -1.89. The lowest BCUT2D eigenvalue weighted by Gasteiger charge is -2.37. The third-order valence-corrected chi connectivity index (χ3v) is 6.05. The molecule has 0 aromatic rings. The molecule has 1 rings (SSSR count). The molecule has 0 bridgehead atoms. The maximum Gasteiger partial charge on any atom is 0.320 e. The molecule has 1 aliphatic heterocycles. The van der Waals surface area contributed by atoms with Crippen LogP contribution < -0.4 is 0 Å². The molecule has 0 saturated carbocycles. The van der Waals surface area contributed by atoms with Gasteiger partial charge in [0.05, 0.1) is 12.1 Å². The van der Waals surface area contributed by atoms with Crippen LogP contribution in [0.3, 0.4) is 0 Å². The zero-order valence-electron chi connectivity index (χ0n) is 18.4. The second-order valence-corrected chi connectivity index (χ2v) is 7.93. The van der Waals surface area contributed by atoms with Gasteiger partial charge in [-0.15, -0.1) is 0 Å². The van der Waals surface area contributed by atoms with Crippen LogP contribution >= 0.6 is 0 Å². The molecule has 0 unspecified atom stereocenters. The largest absolute Gasteiger partial charge is 0.480 e. The smallest absolute Gasteiger partial charge is 0.320 e. The van der Waals surface area contributed by atoms with Crippen molar-refractivity contribution in [1.82, 2.24) is 19.6 Å². The molecular formula is C20H36N4O6. The molecule has 1 heterocycles. The lowest BCUT2D eigenvalue weighted by molar-refractivity contribution is -0.145. The minimum Gasteiger partial charge on any atom is -0.480 e. The predicted molar refractivity (Wildman–Crippen MR) is 112 cm³/mol. The fraction of sp³-hybridized carbons (Fsp3) is 0.800. The first-order chi connectivity index (χ1) is 14.1. The average molecular weight is 429 g/mol. The lowest BCUT2D eigenvalue weighted by atomic mass is 10.2. The van der Waals surface area contributed by atoms with E-state index in [4.69, 9.17) is 0 Å². The Morgan fingerprint density at radius 2 is 0.833 bits per heavy atom. The van der Waals surface area contributed by atoms with Crippen LogP contribution in [-0.4, -0.2) is 131 Å². The summed E-state index contributed by atoms with van der Waals surface area (Å²) in [5.41, 5.74) is 0. The molecule has 2 N–H and O–H groups in total. The fourth-order valence-electron chi connectivity index (χ4n) is 3.55. The number of aldehydes is 2. The number of carbonyl (C=O) groups excluding carboxylic acids is 2. The molecular weight excluding hydrogens is 392 g/mol. The van der Waals surface area contributed by atoms with Gasteiger partial charge >= 0.3 is 11.9 Å². The van der Waals surface area contributed by atoms with Crippen LogP contribution in [-0.2, 0) is 19.2 Å². The first-order valence-corrected chi connectivity index (χ1v) is 10.4. The Kier molecular flexibility index (Phi) is 11.1. The highest BCUT2D eigenvalue weighted by Crippen LogP contribution is 2.09. The molecule has 10 heteroatoms. The summed E-state index contributed by atoms with van der Waals surface area (Å²) < 4.78 is 0. The lowest BCUT2D eigenvalue weighted by Crippen LogP contribution is -2.54. The van der Waals surface area contributed by atoms with Crippen LogP contribution in [0, 0.1) is 0 Å². The van der Waals surface area contributed by atoms with E-state index < -0.39 is 24.0 Å². The Morgan fingerprint density at radius 1 is 0.600 bits per heavy atom. The van der Waals surface area contributed by atoms with Gasteiger partial charge in [-0.1, -0.05) is 0 Å². The van der Waals surface area contributed by atoms with Crippen LogP contribution in [0.15, 0.2) is 0 Å². The summed E-state index contributed by atoms with van der Waals surface area (Å²) in [5, 5.41) is 18.9. The summed E-state index contributed by atoms with van der Waals surface area (Å²) in [6.07, 6.45) is 1.72. The Labute approximate surface area is 178 Å². The van der Waals surface area contributed by atoms with Gasteiger partial charge in [0.15, 0.2) is 0 Å². The Bertz CT molecular complexity index is 540. The van der Waals surface area contributed by atoms with Crippen LogP contribution in [0.5, 0.6) is 0 Å². The molecule has 0 amide bonds. The number of aliphatic carboxylic acids is 2. The van der Waals surface area contributed by atoms with Gasteiger partial charge in [0.1, 0.15) is 24.7 Å². The average Bonchev–Trinajstić information content (AvgIpc) is 2.71. The zero-order chi connectivity index (χ0) is 22.8. The topological polar surface area (TPSA) is 122 Å². The van der Waals surface area contributed by atoms with Crippen molar-refractivity contribution in [1.29, 1.82) is 0 Å². The number of hydrogen-bond acceptors (Lipinski definition) is 8. The maximum absolute atomic E-state index is 11.6. The molecule has 1 saturated heterocycles. The van der Waals surface area contributed by atoms with Crippen LogP contribution in [0.1, 0.15) is 27.7 Å². The molecule has 0 spiro atoms. The molecule has 4 atom stereocenters. The third-order valence-electron chi connectivity index (χ3n) is 6.05. The van der Waals surface area contributed by atoms with Crippen LogP contribution in [0.25, 0.3) is 0 Å². The summed E-state index contributed by atoms with van der Waals surface area (Å²) in [6, 6.07) is -2.11. The van der Waals surface area contributed by atoms with Gasteiger partial charge in [-0.2, -0.15) is 0 Å². The number of carbonyl (C=O) groups is 4. The number of rotatable bonds is 8. The molecule has 0 aromatic heterocycles. The third kappa shape index (κ3) is 7.75. The van der Waals surface area contributed by atoms with Crippen molar-refractivity contribution in [2.24, 2.45) is 0 Å². The van der Waals surface area contributed by atoms with Gasteiger partial charge in [0.25, 0.3) is 0 Å². The quantitative estimate of drug-likeness (QED) is 0.481. The van der Waals surface area contributed by atoms with E-state index >= 15 is 0 Å². The van der Waals surface area contributed by atoms with Gasteiger partial charge in [0.2, 0.25) is 0 Å². The van der Waals surface area contributed by atoms with Gasteiger partial charge in [-0.05, 0) is 27.7 Å². The standard InChI is InChI=1S/C20H36N4O6/c1-15(13-25)21-5-6-22(16(2)14-26)8-10-24(18(4)20(29)30)12-11-23(9-7-21)17(3)19(27)28/h13-18H,5-12H2,1-4H3,(H,27,28)(H,29,30)/t15-,16+,17+,18-. The van der Waals surface area contributed by atoms with Crippen molar-refractivity contribution in [3.8, 4) is 0 Å². The van der Waals surface area contributed by atoms with Crippen molar-refractivity contribution >= 4 is 24.5 Å². The molecule has 1 aliphatic rings. The second-order valence-electron chi connectivity index (χ2n) is 7.93. The van der Waals surface area contributed by atoms with E-state index in [-0.39, 0.29) is 12.1 Å². The highest BCUT2D eigenvalue weighted by molar-refractivity contribution is 5.73. The van der Waals surface area contributed by atoms with Crippen molar-refractivity contribution in [3.63, 3.8) is 0 Å². The van der Waals surface area contributed by atoms with E-state index in [1.165, 1.54) is 0 Å². The fourth-order valence-corrected chi connectivity index (χ4v) is 3.55. The minimum atomic E-state index is -0.944. The predicted octanol–water partition coefficient (Wildman–Crippen LogP) is -0.671. The second kappa shape index (κ2) is 12.7. The Morgan fingerprint density at radius 3 is 1.03 bits per heavy atom. The van der Waals surface area contributed by atoms with E-state index in [2.05, 4.69) is 0 Å². The van der Waals surface area contributed by atoms with E-state index in [0.29, 0.717) is 52.4 Å². The highest BCUT2D eigenvalue weighted by atomic mass is 16.4. The van der Waals surface area contributed by atoms with Crippen molar-refractivity contribution in [2.45, 2.75) is 51.9 Å². The highest BCUT2D eigenvalue weighted by Gasteiger charge is 2.28. The molecule has 1 fully saturated rings. The van der Waals surface area contributed by atoms with E-state index in [1.807, 2.05) is 19.6 Å². The normalized spacial score (nSPS) is 23.3. The van der Waals surface area contributed by atoms with Crippen LogP contribution in [0.2, 0.25) is 0 Å².